The highest BCUT2D eigenvalue weighted by Gasteiger charge is 2.18. The Morgan fingerprint density at radius 2 is 1.65 bits per heavy atom. The Bertz CT molecular complexity index is 597. The molecular weight excluding hydrogens is 284 g/mol. The fourth-order valence-corrected chi connectivity index (χ4v) is 3.19. The number of aliphatic hydroxyl groups excluding tert-OH is 1. The molecule has 0 aliphatic carbocycles. The molecule has 1 atom stereocenters. The molecule has 23 heavy (non-hydrogen) atoms. The Balaban J connectivity index is 1.57. The van der Waals surface area contributed by atoms with Crippen LogP contribution in [0.1, 0.15) is 23.7 Å². The Kier molecular flexibility index (Phi) is 5.31. The molecule has 0 bridgehead atoms. The zero-order chi connectivity index (χ0) is 16.1. The molecule has 1 N–H and O–H groups in total. The third-order valence-electron chi connectivity index (χ3n) is 4.60. The Morgan fingerprint density at radius 3 is 2.39 bits per heavy atom. The van der Waals surface area contributed by atoms with Gasteiger partial charge in [-0.2, -0.15) is 0 Å². The number of rotatable bonds is 4. The van der Waals surface area contributed by atoms with E-state index in [2.05, 4.69) is 41.0 Å². The van der Waals surface area contributed by atoms with Gasteiger partial charge < -0.3 is 10.0 Å². The Hall–Kier alpha value is -1.84. The van der Waals surface area contributed by atoms with Crippen molar-refractivity contribution in [2.75, 3.05) is 37.6 Å². The summed E-state index contributed by atoms with van der Waals surface area (Å²) >= 11 is 0. The van der Waals surface area contributed by atoms with Gasteiger partial charge >= 0.3 is 0 Å². The molecule has 2 aromatic rings. The zero-order valence-corrected chi connectivity index (χ0v) is 13.9. The van der Waals surface area contributed by atoms with E-state index in [0.717, 1.165) is 38.2 Å². The minimum absolute atomic E-state index is 0.401. The van der Waals surface area contributed by atoms with Gasteiger partial charge in [-0.05, 0) is 31.0 Å². The van der Waals surface area contributed by atoms with E-state index in [9.17, 15) is 5.11 Å². The minimum Gasteiger partial charge on any atom is -0.387 e. The third-order valence-corrected chi connectivity index (χ3v) is 4.60. The number of nitrogens with zero attached hydrogens (tertiary/aromatic N) is 2. The fourth-order valence-electron chi connectivity index (χ4n) is 3.19. The maximum Gasteiger partial charge on any atom is 0.0916 e. The molecule has 3 heteroatoms. The number of β-amino-alcohol motifs (C(OH)–C–C–N with tert-alkyl or cyclic N) is 1. The van der Waals surface area contributed by atoms with E-state index in [0.29, 0.717) is 6.54 Å². The molecule has 0 unspecified atom stereocenters. The van der Waals surface area contributed by atoms with Crippen molar-refractivity contribution in [1.29, 1.82) is 0 Å². The van der Waals surface area contributed by atoms with Crippen molar-refractivity contribution in [3.63, 3.8) is 0 Å². The van der Waals surface area contributed by atoms with Gasteiger partial charge in [0.05, 0.1) is 6.10 Å². The summed E-state index contributed by atoms with van der Waals surface area (Å²) in [6.45, 7) is 6.99. The van der Waals surface area contributed by atoms with E-state index in [1.165, 1.54) is 11.3 Å². The van der Waals surface area contributed by atoms with E-state index in [-0.39, 0.29) is 0 Å². The fraction of sp³-hybridized carbons (Fsp3) is 0.400. The van der Waals surface area contributed by atoms with Crippen LogP contribution in [0.2, 0.25) is 0 Å². The minimum atomic E-state index is -0.401. The lowest BCUT2D eigenvalue weighted by molar-refractivity contribution is 0.117. The molecule has 122 valence electrons. The molecule has 0 radical (unpaired) electrons. The van der Waals surface area contributed by atoms with E-state index in [1.54, 1.807) is 0 Å². The quantitative estimate of drug-likeness (QED) is 0.939. The summed E-state index contributed by atoms with van der Waals surface area (Å²) in [5.74, 6) is 0. The lowest BCUT2D eigenvalue weighted by Gasteiger charge is -2.25. The summed E-state index contributed by atoms with van der Waals surface area (Å²) in [5.41, 5.74) is 3.62. The summed E-state index contributed by atoms with van der Waals surface area (Å²) in [7, 11) is 0. The van der Waals surface area contributed by atoms with Gasteiger partial charge in [-0.15, -0.1) is 0 Å². The summed E-state index contributed by atoms with van der Waals surface area (Å²) in [4.78, 5) is 4.83. The number of benzene rings is 2. The van der Waals surface area contributed by atoms with Crippen LogP contribution in [-0.4, -0.2) is 42.7 Å². The van der Waals surface area contributed by atoms with Crippen molar-refractivity contribution >= 4 is 5.69 Å². The van der Waals surface area contributed by atoms with Gasteiger partial charge in [0.1, 0.15) is 0 Å². The van der Waals surface area contributed by atoms with Crippen LogP contribution in [0.3, 0.4) is 0 Å². The van der Waals surface area contributed by atoms with Crippen LogP contribution in [0.4, 0.5) is 5.69 Å². The first-order valence-electron chi connectivity index (χ1n) is 8.49. The van der Waals surface area contributed by atoms with Crippen LogP contribution < -0.4 is 4.90 Å². The molecule has 1 saturated heterocycles. The van der Waals surface area contributed by atoms with Gasteiger partial charge in [-0.3, -0.25) is 4.90 Å². The molecule has 1 heterocycles. The van der Waals surface area contributed by atoms with E-state index in [1.807, 2.05) is 30.3 Å². The van der Waals surface area contributed by atoms with Crippen LogP contribution in [-0.2, 0) is 0 Å². The molecule has 1 aliphatic heterocycles. The lowest BCUT2D eigenvalue weighted by Crippen LogP contribution is -2.33. The molecule has 0 aromatic heterocycles. The summed E-state index contributed by atoms with van der Waals surface area (Å²) < 4.78 is 0. The van der Waals surface area contributed by atoms with Crippen molar-refractivity contribution in [2.24, 2.45) is 0 Å². The van der Waals surface area contributed by atoms with Gasteiger partial charge in [0, 0.05) is 38.4 Å². The first kappa shape index (κ1) is 16.0. The monoisotopic (exact) mass is 310 g/mol. The van der Waals surface area contributed by atoms with E-state index in [4.69, 9.17) is 0 Å². The van der Waals surface area contributed by atoms with Crippen molar-refractivity contribution in [3.05, 3.63) is 65.7 Å². The van der Waals surface area contributed by atoms with Crippen molar-refractivity contribution in [3.8, 4) is 0 Å². The van der Waals surface area contributed by atoms with Crippen molar-refractivity contribution < 1.29 is 5.11 Å². The maximum atomic E-state index is 10.4. The van der Waals surface area contributed by atoms with E-state index >= 15 is 0 Å². The van der Waals surface area contributed by atoms with Gasteiger partial charge in [-0.25, -0.2) is 0 Å². The summed E-state index contributed by atoms with van der Waals surface area (Å²) in [6.07, 6.45) is 0.734. The SMILES string of the molecule is Cc1ccc(N2CCCN(C[C@H](O)c3ccccc3)CC2)cc1. The van der Waals surface area contributed by atoms with Gasteiger partial charge in [-0.1, -0.05) is 48.0 Å². The molecule has 2 aromatic carbocycles. The second-order valence-corrected chi connectivity index (χ2v) is 6.40. The van der Waals surface area contributed by atoms with E-state index < -0.39 is 6.10 Å². The third kappa shape index (κ3) is 4.34. The number of anilines is 1. The van der Waals surface area contributed by atoms with Crippen molar-refractivity contribution in [2.45, 2.75) is 19.4 Å². The normalized spacial score (nSPS) is 17.7. The first-order chi connectivity index (χ1) is 11.2. The molecule has 3 nitrogen and oxygen atoms in total. The topological polar surface area (TPSA) is 26.7 Å². The average molecular weight is 310 g/mol. The molecule has 1 fully saturated rings. The zero-order valence-electron chi connectivity index (χ0n) is 13.9. The van der Waals surface area contributed by atoms with Gasteiger partial charge in [0.25, 0.3) is 0 Å². The van der Waals surface area contributed by atoms with Crippen LogP contribution >= 0.6 is 0 Å². The highest BCUT2D eigenvalue weighted by molar-refractivity contribution is 5.47. The predicted octanol–water partition coefficient (Wildman–Crippen LogP) is 3.24. The van der Waals surface area contributed by atoms with Crippen LogP contribution in [0.15, 0.2) is 54.6 Å². The molecule has 3 rings (SSSR count). The summed E-state index contributed by atoms with van der Waals surface area (Å²) in [6, 6.07) is 18.7. The van der Waals surface area contributed by atoms with Crippen molar-refractivity contribution in [1.82, 2.24) is 4.90 Å². The number of aliphatic hydroxyl groups is 1. The second kappa shape index (κ2) is 7.62. The Labute approximate surface area is 139 Å². The molecule has 0 spiro atoms. The molecule has 0 amide bonds. The standard InChI is InChI=1S/C20H26N2O/c1-17-8-10-19(11-9-17)22-13-5-12-21(14-15-22)16-20(23)18-6-3-2-4-7-18/h2-4,6-11,20,23H,5,12-16H2,1H3/t20-/m0/s1. The largest absolute Gasteiger partial charge is 0.387 e. The van der Waals surface area contributed by atoms with Gasteiger partial charge in [0.15, 0.2) is 0 Å². The average Bonchev–Trinajstić information content (AvgIpc) is 2.82. The van der Waals surface area contributed by atoms with Crippen LogP contribution in [0.5, 0.6) is 0 Å². The summed E-state index contributed by atoms with van der Waals surface area (Å²) in [5, 5.41) is 10.4. The maximum absolute atomic E-state index is 10.4. The smallest absolute Gasteiger partial charge is 0.0916 e. The Morgan fingerprint density at radius 1 is 0.913 bits per heavy atom. The number of aryl methyl sites for hydroxylation is 1. The van der Waals surface area contributed by atoms with Crippen LogP contribution in [0.25, 0.3) is 0 Å². The first-order valence-corrected chi connectivity index (χ1v) is 8.49. The predicted molar refractivity (Wildman–Crippen MR) is 95.9 cm³/mol. The number of hydrogen-bond acceptors (Lipinski definition) is 3. The molecule has 0 saturated carbocycles. The van der Waals surface area contributed by atoms with Crippen LogP contribution in [0, 0.1) is 6.92 Å². The molecular formula is C20H26N2O. The molecule has 1 aliphatic rings. The lowest BCUT2D eigenvalue weighted by atomic mass is 10.1. The number of hydrogen-bond donors (Lipinski definition) is 1. The highest BCUT2D eigenvalue weighted by atomic mass is 16.3. The highest BCUT2D eigenvalue weighted by Crippen LogP contribution is 2.19. The van der Waals surface area contributed by atoms with Gasteiger partial charge in [0.2, 0.25) is 0 Å². The second-order valence-electron chi connectivity index (χ2n) is 6.40.